The first-order valence-electron chi connectivity index (χ1n) is 6.84. The lowest BCUT2D eigenvalue weighted by molar-refractivity contribution is 0.131. The Morgan fingerprint density at radius 1 is 1.47 bits per heavy atom. The van der Waals surface area contributed by atoms with Crippen molar-refractivity contribution >= 4 is 21.6 Å². The second-order valence-electron chi connectivity index (χ2n) is 5.32. The fourth-order valence-electron chi connectivity index (χ4n) is 1.96. The van der Waals surface area contributed by atoms with E-state index in [-0.39, 0.29) is 0 Å². The van der Waals surface area contributed by atoms with Gasteiger partial charge in [0.15, 0.2) is 0 Å². The molecule has 0 heterocycles. The molecule has 1 saturated carbocycles. The molecule has 0 spiro atoms. The zero-order valence-corrected chi connectivity index (χ0v) is 13.2. The normalized spacial score (nSPS) is 16.4. The highest BCUT2D eigenvalue weighted by Crippen LogP contribution is 2.29. The Labute approximate surface area is 123 Å². The Balaban J connectivity index is 1.83. The van der Waals surface area contributed by atoms with Gasteiger partial charge in [-0.15, -0.1) is 0 Å². The third-order valence-corrected chi connectivity index (χ3v) is 4.18. The van der Waals surface area contributed by atoms with Gasteiger partial charge in [-0.2, -0.15) is 0 Å². The van der Waals surface area contributed by atoms with E-state index in [2.05, 4.69) is 27.9 Å². The summed E-state index contributed by atoms with van der Waals surface area (Å²) in [6.07, 6.45) is 2.23. The molecule has 0 bridgehead atoms. The minimum Gasteiger partial charge on any atom is -0.389 e. The van der Waals surface area contributed by atoms with Gasteiger partial charge in [0.05, 0.1) is 12.7 Å². The van der Waals surface area contributed by atoms with Crippen molar-refractivity contribution in [3.63, 3.8) is 0 Å². The minimum absolute atomic E-state index is 0.449. The maximum Gasteiger partial charge on any atom is 0.0772 e. The summed E-state index contributed by atoms with van der Waals surface area (Å²) in [6.45, 7) is 4.34. The number of likely N-dealkylation sites (N-methyl/N-ethyl adjacent to an activating group) is 1. The lowest BCUT2D eigenvalue weighted by Crippen LogP contribution is -2.23. The summed E-state index contributed by atoms with van der Waals surface area (Å²) in [5, 5.41) is 9.60. The number of aliphatic hydroxyl groups is 1. The molecule has 19 heavy (non-hydrogen) atoms. The molecular formula is C15H22BrNO2. The maximum atomic E-state index is 9.60. The number of ether oxygens (including phenoxy) is 1. The Kier molecular flexibility index (Phi) is 5.25. The molecule has 3 nitrogen and oxygen atoms in total. The fraction of sp³-hybridized carbons (Fsp3) is 0.600. The van der Waals surface area contributed by atoms with E-state index >= 15 is 0 Å². The van der Waals surface area contributed by atoms with E-state index in [1.54, 1.807) is 6.92 Å². The number of nitrogens with zero attached hydrogens (tertiary/aromatic N) is 1. The van der Waals surface area contributed by atoms with Gasteiger partial charge in [0.1, 0.15) is 0 Å². The Bertz CT molecular complexity index is 419. The number of benzene rings is 1. The molecule has 0 amide bonds. The molecule has 106 valence electrons. The summed E-state index contributed by atoms with van der Waals surface area (Å²) in [7, 11) is 2.06. The van der Waals surface area contributed by atoms with Crippen LogP contribution in [0, 0.1) is 5.92 Å². The second-order valence-corrected chi connectivity index (χ2v) is 6.18. The SMILES string of the molecule is C[C@@H](O)c1ccc(N(C)CCOCC2CC2)cc1Br. The van der Waals surface area contributed by atoms with Gasteiger partial charge in [-0.1, -0.05) is 22.0 Å². The van der Waals surface area contributed by atoms with Crippen LogP contribution in [-0.2, 0) is 4.74 Å². The molecule has 0 unspecified atom stereocenters. The van der Waals surface area contributed by atoms with Gasteiger partial charge in [0.2, 0.25) is 0 Å². The van der Waals surface area contributed by atoms with Crippen molar-refractivity contribution in [2.45, 2.75) is 25.9 Å². The van der Waals surface area contributed by atoms with Gasteiger partial charge in [-0.05, 0) is 43.4 Å². The van der Waals surface area contributed by atoms with Gasteiger partial charge in [-0.3, -0.25) is 0 Å². The molecule has 1 aliphatic rings. The molecular weight excluding hydrogens is 306 g/mol. The van der Waals surface area contributed by atoms with Crippen molar-refractivity contribution in [2.75, 3.05) is 31.7 Å². The van der Waals surface area contributed by atoms with Crippen molar-refractivity contribution < 1.29 is 9.84 Å². The summed E-state index contributed by atoms with van der Waals surface area (Å²) < 4.78 is 6.60. The predicted molar refractivity (Wildman–Crippen MR) is 81.6 cm³/mol. The number of anilines is 1. The van der Waals surface area contributed by atoms with Gasteiger partial charge >= 0.3 is 0 Å². The number of hydrogen-bond donors (Lipinski definition) is 1. The first kappa shape index (κ1) is 14.8. The van der Waals surface area contributed by atoms with Gasteiger partial charge in [-0.25, -0.2) is 0 Å². The number of rotatable bonds is 7. The molecule has 4 heteroatoms. The fourth-order valence-corrected chi connectivity index (χ4v) is 2.66. The van der Waals surface area contributed by atoms with Gasteiger partial charge in [0.25, 0.3) is 0 Å². The van der Waals surface area contributed by atoms with Crippen molar-refractivity contribution in [3.8, 4) is 0 Å². The van der Waals surface area contributed by atoms with Crippen LogP contribution in [0.25, 0.3) is 0 Å². The Morgan fingerprint density at radius 3 is 2.79 bits per heavy atom. The molecule has 1 fully saturated rings. The monoisotopic (exact) mass is 327 g/mol. The molecule has 0 saturated heterocycles. The average molecular weight is 328 g/mol. The van der Waals surface area contributed by atoms with Crippen LogP contribution >= 0.6 is 15.9 Å². The van der Waals surface area contributed by atoms with E-state index < -0.39 is 6.10 Å². The van der Waals surface area contributed by atoms with E-state index in [1.807, 2.05) is 18.2 Å². The zero-order valence-electron chi connectivity index (χ0n) is 11.6. The molecule has 1 atom stereocenters. The number of hydrogen-bond acceptors (Lipinski definition) is 3. The lowest BCUT2D eigenvalue weighted by Gasteiger charge is -2.20. The molecule has 1 aliphatic carbocycles. The van der Waals surface area contributed by atoms with E-state index in [0.717, 1.165) is 41.4 Å². The highest BCUT2D eigenvalue weighted by molar-refractivity contribution is 9.10. The third-order valence-electron chi connectivity index (χ3n) is 3.50. The predicted octanol–water partition coefficient (Wildman–Crippen LogP) is 3.37. The molecule has 1 aromatic rings. The van der Waals surface area contributed by atoms with Crippen LogP contribution in [0.3, 0.4) is 0 Å². The van der Waals surface area contributed by atoms with Gasteiger partial charge < -0.3 is 14.7 Å². The first-order chi connectivity index (χ1) is 9.08. The smallest absolute Gasteiger partial charge is 0.0772 e. The van der Waals surface area contributed by atoms with E-state index in [0.29, 0.717) is 0 Å². The lowest BCUT2D eigenvalue weighted by atomic mass is 10.1. The molecule has 0 aromatic heterocycles. The topological polar surface area (TPSA) is 32.7 Å². The van der Waals surface area contributed by atoms with E-state index in [4.69, 9.17) is 4.74 Å². The largest absolute Gasteiger partial charge is 0.389 e. The summed E-state index contributed by atoms with van der Waals surface area (Å²) in [5.41, 5.74) is 2.05. The Morgan fingerprint density at radius 2 is 2.21 bits per heavy atom. The summed E-state index contributed by atoms with van der Waals surface area (Å²) in [4.78, 5) is 2.17. The van der Waals surface area contributed by atoms with Crippen molar-refractivity contribution in [3.05, 3.63) is 28.2 Å². The summed E-state index contributed by atoms with van der Waals surface area (Å²) in [5.74, 6) is 0.824. The second kappa shape index (κ2) is 6.73. The number of halogens is 1. The van der Waals surface area contributed by atoms with Crippen LogP contribution in [0.15, 0.2) is 22.7 Å². The highest BCUT2D eigenvalue weighted by Gasteiger charge is 2.21. The molecule has 0 aliphatic heterocycles. The quantitative estimate of drug-likeness (QED) is 0.779. The number of aliphatic hydroxyl groups excluding tert-OH is 1. The third kappa shape index (κ3) is 4.48. The van der Waals surface area contributed by atoms with Crippen LogP contribution in [0.4, 0.5) is 5.69 Å². The van der Waals surface area contributed by atoms with Gasteiger partial charge in [0, 0.05) is 30.4 Å². The Hall–Kier alpha value is -0.580. The van der Waals surface area contributed by atoms with Crippen LogP contribution in [0.2, 0.25) is 0 Å². The molecule has 1 N–H and O–H groups in total. The maximum absolute atomic E-state index is 9.60. The standard InChI is InChI=1S/C15H22BrNO2/c1-11(18)14-6-5-13(9-15(14)16)17(2)7-8-19-10-12-3-4-12/h5-6,9,11-12,18H,3-4,7-8,10H2,1-2H3/t11-/m1/s1. The van der Waals surface area contributed by atoms with Crippen molar-refractivity contribution in [2.24, 2.45) is 5.92 Å². The highest BCUT2D eigenvalue weighted by atomic mass is 79.9. The summed E-state index contributed by atoms with van der Waals surface area (Å²) in [6, 6.07) is 6.04. The summed E-state index contributed by atoms with van der Waals surface area (Å²) >= 11 is 3.51. The van der Waals surface area contributed by atoms with Crippen molar-refractivity contribution in [1.82, 2.24) is 0 Å². The molecule has 0 radical (unpaired) electrons. The van der Waals surface area contributed by atoms with E-state index in [9.17, 15) is 5.11 Å². The average Bonchev–Trinajstić information content (AvgIpc) is 3.17. The minimum atomic E-state index is -0.449. The first-order valence-corrected chi connectivity index (χ1v) is 7.63. The van der Waals surface area contributed by atoms with Crippen LogP contribution < -0.4 is 4.90 Å². The zero-order chi connectivity index (χ0) is 13.8. The van der Waals surface area contributed by atoms with Crippen molar-refractivity contribution in [1.29, 1.82) is 0 Å². The van der Waals surface area contributed by atoms with E-state index in [1.165, 1.54) is 12.8 Å². The van der Waals surface area contributed by atoms with Crippen LogP contribution in [-0.4, -0.2) is 31.9 Å². The molecule has 1 aromatic carbocycles. The van der Waals surface area contributed by atoms with Crippen LogP contribution in [0.1, 0.15) is 31.4 Å². The molecule has 2 rings (SSSR count). The van der Waals surface area contributed by atoms with Crippen LogP contribution in [0.5, 0.6) is 0 Å².